The monoisotopic (exact) mass is 397 g/mol. The van der Waals surface area contributed by atoms with E-state index < -0.39 is 5.91 Å². The number of nitrogens with one attached hydrogen (secondary N) is 1. The summed E-state index contributed by atoms with van der Waals surface area (Å²) in [7, 11) is 3.61. The number of methoxy groups -OCH3 is 1. The predicted molar refractivity (Wildman–Crippen MR) is 110 cm³/mol. The number of hydrogen-bond donors (Lipinski definition) is 2. The van der Waals surface area contributed by atoms with E-state index in [1.54, 1.807) is 30.9 Å². The molecule has 1 aromatic heterocycles. The van der Waals surface area contributed by atoms with Crippen LogP contribution in [0.1, 0.15) is 40.7 Å². The van der Waals surface area contributed by atoms with E-state index in [0.717, 1.165) is 55.3 Å². The Labute approximate surface area is 170 Å². The van der Waals surface area contributed by atoms with Crippen molar-refractivity contribution in [2.24, 2.45) is 5.41 Å². The topological polar surface area (TPSA) is 91.8 Å². The Morgan fingerprint density at radius 1 is 1.34 bits per heavy atom. The van der Waals surface area contributed by atoms with Crippen molar-refractivity contribution in [2.45, 2.75) is 32.1 Å². The lowest BCUT2D eigenvalue weighted by atomic mass is 9.70. The maximum atomic E-state index is 12.0. The van der Waals surface area contributed by atoms with Crippen LogP contribution in [0.2, 0.25) is 0 Å². The third-order valence-corrected chi connectivity index (χ3v) is 5.79. The Bertz CT molecular complexity index is 869. The minimum Gasteiger partial charge on any atom is -0.481 e. The molecule has 29 heavy (non-hydrogen) atoms. The second-order valence-electron chi connectivity index (χ2n) is 7.67. The van der Waals surface area contributed by atoms with Gasteiger partial charge in [-0.3, -0.25) is 10.0 Å². The van der Waals surface area contributed by atoms with Crippen LogP contribution in [0.3, 0.4) is 0 Å². The Balaban J connectivity index is 1.61. The number of hydroxylamine groups is 1. The van der Waals surface area contributed by atoms with Gasteiger partial charge in [-0.1, -0.05) is 6.07 Å². The van der Waals surface area contributed by atoms with Gasteiger partial charge in [0, 0.05) is 30.6 Å². The van der Waals surface area contributed by atoms with Gasteiger partial charge in [-0.2, -0.15) is 0 Å². The van der Waals surface area contributed by atoms with Gasteiger partial charge in [0.15, 0.2) is 0 Å². The summed E-state index contributed by atoms with van der Waals surface area (Å²) >= 11 is 0. The first-order valence-corrected chi connectivity index (χ1v) is 9.74. The quantitative estimate of drug-likeness (QED) is 0.404. The average molecular weight is 397 g/mol. The van der Waals surface area contributed by atoms with Crippen molar-refractivity contribution in [3.05, 3.63) is 53.2 Å². The SMILES string of the molecule is COc1ccc(N(C)CCC[C@@]2(C=O)CCc3cc(C(=O)NO)ccc3C2)cn1. The number of anilines is 1. The molecule has 7 nitrogen and oxygen atoms in total. The Kier molecular flexibility index (Phi) is 6.49. The van der Waals surface area contributed by atoms with E-state index in [9.17, 15) is 9.59 Å². The van der Waals surface area contributed by atoms with Crippen molar-refractivity contribution >= 4 is 17.9 Å². The molecule has 2 aromatic rings. The first kappa shape index (κ1) is 20.8. The number of amides is 1. The number of ether oxygens (including phenoxy) is 1. The molecule has 0 unspecified atom stereocenters. The van der Waals surface area contributed by atoms with E-state index >= 15 is 0 Å². The maximum Gasteiger partial charge on any atom is 0.274 e. The van der Waals surface area contributed by atoms with Gasteiger partial charge in [-0.15, -0.1) is 0 Å². The molecule has 1 aliphatic carbocycles. The average Bonchev–Trinajstić information content (AvgIpc) is 2.78. The normalized spacial score (nSPS) is 17.9. The molecule has 2 N–H and O–H groups in total. The Morgan fingerprint density at radius 2 is 2.17 bits per heavy atom. The fourth-order valence-electron chi connectivity index (χ4n) is 3.98. The summed E-state index contributed by atoms with van der Waals surface area (Å²) in [6.45, 7) is 0.825. The molecule has 1 heterocycles. The van der Waals surface area contributed by atoms with Crippen LogP contribution in [0.5, 0.6) is 5.88 Å². The number of aromatic nitrogens is 1. The number of carbonyl (C=O) groups excluding carboxylic acids is 2. The first-order valence-electron chi connectivity index (χ1n) is 9.74. The standard InChI is InChI=1S/C22H27N3O4/c1-25(19-6-7-20(29-2)23-14-19)11-3-9-22(15-26)10-8-16-12-17(21(27)24-28)4-5-18(16)13-22/h4-7,12,14-15,28H,3,8-11,13H2,1-2H3,(H,24,27)/t22-/m1/s1. The zero-order chi connectivity index (χ0) is 20.9. The van der Waals surface area contributed by atoms with Crippen LogP contribution in [-0.4, -0.2) is 43.1 Å². The molecule has 0 saturated heterocycles. The zero-order valence-electron chi connectivity index (χ0n) is 16.9. The highest BCUT2D eigenvalue weighted by Crippen LogP contribution is 2.38. The van der Waals surface area contributed by atoms with Crippen LogP contribution < -0.4 is 15.1 Å². The number of pyridine rings is 1. The number of aryl methyl sites for hydroxylation is 1. The summed E-state index contributed by atoms with van der Waals surface area (Å²) in [5.74, 6) is 0.0682. The summed E-state index contributed by atoms with van der Waals surface area (Å²) in [6.07, 6.45) is 6.79. The van der Waals surface area contributed by atoms with Crippen molar-refractivity contribution in [2.75, 3.05) is 25.6 Å². The van der Waals surface area contributed by atoms with Gasteiger partial charge in [-0.25, -0.2) is 10.5 Å². The molecule has 0 radical (unpaired) electrons. The number of carbonyl (C=O) groups is 2. The van der Waals surface area contributed by atoms with Crippen LogP contribution in [0.15, 0.2) is 36.5 Å². The maximum absolute atomic E-state index is 12.0. The molecule has 0 bridgehead atoms. The smallest absolute Gasteiger partial charge is 0.274 e. The van der Waals surface area contributed by atoms with Crippen molar-refractivity contribution in [3.63, 3.8) is 0 Å². The Morgan fingerprint density at radius 3 is 2.83 bits per heavy atom. The number of aldehydes is 1. The van der Waals surface area contributed by atoms with E-state index in [1.807, 2.05) is 25.2 Å². The van der Waals surface area contributed by atoms with Gasteiger partial charge >= 0.3 is 0 Å². The molecule has 0 aliphatic heterocycles. The molecule has 1 aliphatic rings. The van der Waals surface area contributed by atoms with Crippen LogP contribution in [0.4, 0.5) is 5.69 Å². The molecule has 0 spiro atoms. The molecule has 0 saturated carbocycles. The van der Waals surface area contributed by atoms with Crippen molar-refractivity contribution < 1.29 is 19.5 Å². The summed E-state index contributed by atoms with van der Waals surface area (Å²) in [5.41, 5.74) is 4.91. The van der Waals surface area contributed by atoms with Crippen LogP contribution in [0, 0.1) is 5.41 Å². The van der Waals surface area contributed by atoms with Gasteiger partial charge in [0.2, 0.25) is 5.88 Å². The van der Waals surface area contributed by atoms with Crippen LogP contribution in [0.25, 0.3) is 0 Å². The molecule has 3 rings (SSSR count). The van der Waals surface area contributed by atoms with Crippen LogP contribution in [-0.2, 0) is 17.6 Å². The minimum atomic E-state index is -0.518. The Hall–Kier alpha value is -2.93. The van der Waals surface area contributed by atoms with Gasteiger partial charge in [0.1, 0.15) is 6.29 Å². The second-order valence-corrected chi connectivity index (χ2v) is 7.67. The molecule has 7 heteroatoms. The van der Waals surface area contributed by atoms with Crippen molar-refractivity contribution in [1.82, 2.24) is 10.5 Å². The number of benzene rings is 1. The largest absolute Gasteiger partial charge is 0.481 e. The highest BCUT2D eigenvalue weighted by Gasteiger charge is 2.34. The van der Waals surface area contributed by atoms with Crippen LogP contribution >= 0.6 is 0 Å². The first-order chi connectivity index (χ1) is 14.0. The molecule has 0 fully saturated rings. The minimum absolute atomic E-state index is 0.368. The van der Waals surface area contributed by atoms with E-state index in [2.05, 4.69) is 9.88 Å². The molecular formula is C22H27N3O4. The summed E-state index contributed by atoms with van der Waals surface area (Å²) in [6, 6.07) is 9.20. The van der Waals surface area contributed by atoms with Gasteiger partial charge in [0.05, 0.1) is 19.0 Å². The molecule has 1 amide bonds. The predicted octanol–water partition coefficient (Wildman–Crippen LogP) is 2.80. The summed E-state index contributed by atoms with van der Waals surface area (Å²) in [4.78, 5) is 30.0. The molecule has 154 valence electrons. The van der Waals surface area contributed by atoms with Gasteiger partial charge in [-0.05, 0) is 61.4 Å². The zero-order valence-corrected chi connectivity index (χ0v) is 16.9. The van der Waals surface area contributed by atoms with E-state index in [-0.39, 0.29) is 5.41 Å². The van der Waals surface area contributed by atoms with Crippen molar-refractivity contribution in [1.29, 1.82) is 0 Å². The van der Waals surface area contributed by atoms with Crippen molar-refractivity contribution in [3.8, 4) is 5.88 Å². The second kappa shape index (κ2) is 9.05. The fourth-order valence-corrected chi connectivity index (χ4v) is 3.98. The molecule has 1 atom stereocenters. The lowest BCUT2D eigenvalue weighted by molar-refractivity contribution is -0.117. The highest BCUT2D eigenvalue weighted by molar-refractivity contribution is 5.93. The lowest BCUT2D eigenvalue weighted by Gasteiger charge is -2.34. The third kappa shape index (κ3) is 4.74. The van der Waals surface area contributed by atoms with E-state index in [0.29, 0.717) is 17.9 Å². The van der Waals surface area contributed by atoms with E-state index in [4.69, 9.17) is 9.94 Å². The third-order valence-electron chi connectivity index (χ3n) is 5.79. The number of hydrogen-bond acceptors (Lipinski definition) is 6. The lowest BCUT2D eigenvalue weighted by Crippen LogP contribution is -2.32. The number of nitrogens with zero attached hydrogens (tertiary/aromatic N) is 2. The van der Waals surface area contributed by atoms with E-state index in [1.165, 1.54) is 0 Å². The molecular weight excluding hydrogens is 370 g/mol. The summed E-state index contributed by atoms with van der Waals surface area (Å²) < 4.78 is 5.09. The summed E-state index contributed by atoms with van der Waals surface area (Å²) in [5, 5.41) is 8.80. The number of rotatable bonds is 8. The number of fused-ring (bicyclic) bond motifs is 1. The molecule has 1 aromatic carbocycles. The highest BCUT2D eigenvalue weighted by atomic mass is 16.5. The van der Waals surface area contributed by atoms with Gasteiger partial charge < -0.3 is 14.4 Å². The van der Waals surface area contributed by atoms with Gasteiger partial charge in [0.25, 0.3) is 5.91 Å². The fraction of sp³-hybridized carbons (Fsp3) is 0.409.